The molecule has 21 heavy (non-hydrogen) atoms. The molecule has 0 saturated heterocycles. The van der Waals surface area contributed by atoms with E-state index < -0.39 is 0 Å². The van der Waals surface area contributed by atoms with Gasteiger partial charge < -0.3 is 10.7 Å². The predicted octanol–water partition coefficient (Wildman–Crippen LogP) is 3.56. The minimum Gasteiger partial charge on any atom is -0.358 e. The number of rotatable bonds is 4. The summed E-state index contributed by atoms with van der Waals surface area (Å²) in [6.45, 7) is 4.04. The SMILES string of the molecule is C=CCc1cc2c(-c3cc(F)cc(CN)c3)nccc2[nH]1. The van der Waals surface area contributed by atoms with Gasteiger partial charge >= 0.3 is 0 Å². The number of nitrogens with one attached hydrogen (secondary N) is 1. The van der Waals surface area contributed by atoms with Gasteiger partial charge in [0.05, 0.1) is 5.69 Å². The number of aromatic nitrogens is 2. The molecule has 0 amide bonds. The minimum absolute atomic E-state index is 0.298. The molecule has 3 nitrogen and oxygen atoms in total. The second kappa shape index (κ2) is 5.50. The number of allylic oxidation sites excluding steroid dienone is 1. The van der Waals surface area contributed by atoms with E-state index >= 15 is 0 Å². The molecular weight excluding hydrogens is 265 g/mol. The Morgan fingerprint density at radius 2 is 2.14 bits per heavy atom. The molecule has 0 saturated carbocycles. The summed E-state index contributed by atoms with van der Waals surface area (Å²) in [5.74, 6) is -0.298. The molecule has 106 valence electrons. The normalized spacial score (nSPS) is 11.0. The lowest BCUT2D eigenvalue weighted by molar-refractivity contribution is 0.626. The van der Waals surface area contributed by atoms with E-state index in [1.165, 1.54) is 12.1 Å². The van der Waals surface area contributed by atoms with Gasteiger partial charge in [0.25, 0.3) is 0 Å². The Hall–Kier alpha value is -2.46. The number of aromatic amines is 1. The first-order chi connectivity index (χ1) is 10.2. The predicted molar refractivity (Wildman–Crippen MR) is 83.3 cm³/mol. The third kappa shape index (κ3) is 2.58. The topological polar surface area (TPSA) is 54.7 Å². The standard InChI is InChI=1S/C17H16FN3/c1-2-3-14-9-15-16(21-14)4-5-20-17(15)12-6-11(10-19)7-13(18)8-12/h2,4-9,21H,1,3,10,19H2. The summed E-state index contributed by atoms with van der Waals surface area (Å²) in [5.41, 5.74) is 9.91. The smallest absolute Gasteiger partial charge is 0.124 e. The maximum absolute atomic E-state index is 13.7. The molecule has 0 bridgehead atoms. The van der Waals surface area contributed by atoms with Crippen LogP contribution in [-0.2, 0) is 13.0 Å². The monoisotopic (exact) mass is 281 g/mol. The summed E-state index contributed by atoms with van der Waals surface area (Å²) in [6.07, 6.45) is 4.32. The molecule has 1 aromatic carbocycles. The summed E-state index contributed by atoms with van der Waals surface area (Å²) < 4.78 is 13.7. The van der Waals surface area contributed by atoms with Crippen LogP contribution in [0.1, 0.15) is 11.3 Å². The van der Waals surface area contributed by atoms with Crippen LogP contribution in [0.2, 0.25) is 0 Å². The molecule has 0 aliphatic heterocycles. The van der Waals surface area contributed by atoms with E-state index in [-0.39, 0.29) is 5.82 Å². The third-order valence-corrected chi connectivity index (χ3v) is 3.43. The van der Waals surface area contributed by atoms with Crippen LogP contribution in [0.3, 0.4) is 0 Å². The number of nitrogens with two attached hydrogens (primary N) is 1. The maximum atomic E-state index is 13.7. The zero-order valence-electron chi connectivity index (χ0n) is 11.6. The average Bonchev–Trinajstić information content (AvgIpc) is 2.89. The van der Waals surface area contributed by atoms with Crippen LogP contribution < -0.4 is 5.73 Å². The van der Waals surface area contributed by atoms with E-state index in [2.05, 4.69) is 16.5 Å². The quantitative estimate of drug-likeness (QED) is 0.718. The zero-order valence-corrected chi connectivity index (χ0v) is 11.6. The van der Waals surface area contributed by atoms with E-state index in [4.69, 9.17) is 5.73 Å². The van der Waals surface area contributed by atoms with Gasteiger partial charge in [-0.25, -0.2) is 4.39 Å². The molecule has 3 N–H and O–H groups in total. The summed E-state index contributed by atoms with van der Waals surface area (Å²) >= 11 is 0. The molecule has 4 heteroatoms. The molecule has 3 aromatic rings. The van der Waals surface area contributed by atoms with Gasteiger partial charge in [-0.1, -0.05) is 6.08 Å². The Morgan fingerprint density at radius 3 is 2.90 bits per heavy atom. The summed E-state index contributed by atoms with van der Waals surface area (Å²) in [7, 11) is 0. The van der Waals surface area contributed by atoms with Crippen molar-refractivity contribution in [2.75, 3.05) is 0 Å². The largest absolute Gasteiger partial charge is 0.358 e. The number of hydrogen-bond donors (Lipinski definition) is 2. The summed E-state index contributed by atoms with van der Waals surface area (Å²) in [5, 5.41) is 0.975. The highest BCUT2D eigenvalue weighted by Gasteiger charge is 2.10. The Balaban J connectivity index is 2.19. The highest BCUT2D eigenvalue weighted by atomic mass is 19.1. The first kappa shape index (κ1) is 13.5. The molecule has 3 rings (SSSR count). The van der Waals surface area contributed by atoms with Crippen molar-refractivity contribution in [2.24, 2.45) is 5.73 Å². The van der Waals surface area contributed by atoms with Crippen LogP contribution in [0.5, 0.6) is 0 Å². The highest BCUT2D eigenvalue weighted by molar-refractivity contribution is 5.93. The van der Waals surface area contributed by atoms with Crippen molar-refractivity contribution < 1.29 is 4.39 Å². The van der Waals surface area contributed by atoms with Gasteiger partial charge in [-0.3, -0.25) is 4.98 Å². The Bertz CT molecular complexity index is 805. The van der Waals surface area contributed by atoms with Crippen LogP contribution in [0, 0.1) is 5.82 Å². The molecule has 0 fully saturated rings. The average molecular weight is 281 g/mol. The first-order valence-corrected chi connectivity index (χ1v) is 6.78. The van der Waals surface area contributed by atoms with Crippen LogP contribution in [-0.4, -0.2) is 9.97 Å². The van der Waals surface area contributed by atoms with Crippen LogP contribution in [0.25, 0.3) is 22.2 Å². The van der Waals surface area contributed by atoms with E-state index in [0.29, 0.717) is 6.54 Å². The number of fused-ring (bicyclic) bond motifs is 1. The second-order valence-corrected chi connectivity index (χ2v) is 4.96. The molecule has 0 aliphatic carbocycles. The number of halogens is 1. The number of benzene rings is 1. The third-order valence-electron chi connectivity index (χ3n) is 3.43. The van der Waals surface area contributed by atoms with Crippen molar-refractivity contribution >= 4 is 10.9 Å². The molecule has 2 heterocycles. The van der Waals surface area contributed by atoms with Gasteiger partial charge in [-0.2, -0.15) is 0 Å². The molecule has 0 radical (unpaired) electrons. The molecular formula is C17H16FN3. The van der Waals surface area contributed by atoms with Crippen molar-refractivity contribution in [1.82, 2.24) is 9.97 Å². The lowest BCUT2D eigenvalue weighted by Crippen LogP contribution is -1.98. The van der Waals surface area contributed by atoms with E-state index in [0.717, 1.165) is 39.8 Å². The number of hydrogen-bond acceptors (Lipinski definition) is 2. The Morgan fingerprint density at radius 1 is 1.29 bits per heavy atom. The van der Waals surface area contributed by atoms with Gasteiger partial charge in [0.15, 0.2) is 0 Å². The molecule has 0 spiro atoms. The van der Waals surface area contributed by atoms with E-state index in [1.54, 1.807) is 6.20 Å². The zero-order chi connectivity index (χ0) is 14.8. The fourth-order valence-electron chi connectivity index (χ4n) is 2.51. The van der Waals surface area contributed by atoms with Crippen molar-refractivity contribution in [2.45, 2.75) is 13.0 Å². The van der Waals surface area contributed by atoms with E-state index in [9.17, 15) is 4.39 Å². The van der Waals surface area contributed by atoms with Crippen LogP contribution >= 0.6 is 0 Å². The fourth-order valence-corrected chi connectivity index (χ4v) is 2.51. The lowest BCUT2D eigenvalue weighted by atomic mass is 10.0. The van der Waals surface area contributed by atoms with Gasteiger partial charge in [0.2, 0.25) is 0 Å². The summed E-state index contributed by atoms with van der Waals surface area (Å²) in [6, 6.07) is 8.76. The molecule has 0 atom stereocenters. The van der Waals surface area contributed by atoms with Crippen LogP contribution in [0.4, 0.5) is 4.39 Å². The lowest BCUT2D eigenvalue weighted by Gasteiger charge is -2.05. The van der Waals surface area contributed by atoms with Gasteiger partial charge in [-0.05, 0) is 35.9 Å². The minimum atomic E-state index is -0.298. The van der Waals surface area contributed by atoms with Crippen molar-refractivity contribution in [1.29, 1.82) is 0 Å². The van der Waals surface area contributed by atoms with Crippen molar-refractivity contribution in [3.8, 4) is 11.3 Å². The Kier molecular flexibility index (Phi) is 3.54. The summed E-state index contributed by atoms with van der Waals surface area (Å²) in [4.78, 5) is 7.73. The number of pyridine rings is 1. The fraction of sp³-hybridized carbons (Fsp3) is 0.118. The van der Waals surface area contributed by atoms with Gasteiger partial charge in [-0.15, -0.1) is 6.58 Å². The van der Waals surface area contributed by atoms with Crippen molar-refractivity contribution in [3.63, 3.8) is 0 Å². The van der Waals surface area contributed by atoms with Crippen molar-refractivity contribution in [3.05, 3.63) is 66.3 Å². The van der Waals surface area contributed by atoms with Gasteiger partial charge in [0.1, 0.15) is 5.82 Å². The van der Waals surface area contributed by atoms with E-state index in [1.807, 2.05) is 24.3 Å². The molecule has 0 unspecified atom stereocenters. The second-order valence-electron chi connectivity index (χ2n) is 4.96. The molecule has 2 aromatic heterocycles. The number of nitrogens with zero attached hydrogens (tertiary/aromatic N) is 1. The highest BCUT2D eigenvalue weighted by Crippen LogP contribution is 2.28. The van der Waals surface area contributed by atoms with Crippen LogP contribution in [0.15, 0.2) is 49.2 Å². The maximum Gasteiger partial charge on any atom is 0.124 e. The first-order valence-electron chi connectivity index (χ1n) is 6.78. The number of H-pyrrole nitrogens is 1. The Labute approximate surface area is 122 Å². The van der Waals surface area contributed by atoms with Gasteiger partial charge in [0, 0.05) is 41.3 Å². The molecule has 0 aliphatic rings.